The third kappa shape index (κ3) is 2.28. The molecule has 2 aromatic carbocycles. The van der Waals surface area contributed by atoms with E-state index in [1.54, 1.807) is 48.7 Å². The van der Waals surface area contributed by atoms with E-state index in [-0.39, 0.29) is 11.5 Å². The molecule has 0 bridgehead atoms. The lowest BCUT2D eigenvalue weighted by molar-refractivity contribution is 0.475. The minimum Gasteiger partial charge on any atom is -0.508 e. The fourth-order valence-corrected chi connectivity index (χ4v) is 1.91. The molecule has 0 amide bonds. The molecule has 19 heavy (non-hydrogen) atoms. The molecule has 3 rings (SSSR count). The summed E-state index contributed by atoms with van der Waals surface area (Å²) in [5.41, 5.74) is 2.60. The molecule has 1 aromatic heterocycles. The van der Waals surface area contributed by atoms with Gasteiger partial charge in [-0.05, 0) is 36.4 Å². The number of hydrogen-bond acceptors (Lipinski definition) is 3. The van der Waals surface area contributed by atoms with Crippen molar-refractivity contribution in [2.75, 3.05) is 0 Å². The van der Waals surface area contributed by atoms with Gasteiger partial charge in [0.15, 0.2) is 0 Å². The number of aromatic nitrogens is 2. The molecular weight excluding hydrogens is 240 g/mol. The molecule has 0 saturated heterocycles. The van der Waals surface area contributed by atoms with E-state index in [0.29, 0.717) is 0 Å². The highest BCUT2D eigenvalue weighted by molar-refractivity contribution is 5.65. The van der Waals surface area contributed by atoms with E-state index in [9.17, 15) is 10.2 Å². The summed E-state index contributed by atoms with van der Waals surface area (Å²) in [6.45, 7) is 0. The average Bonchev–Trinajstić information content (AvgIpc) is 2.89. The average molecular weight is 252 g/mol. The second-order valence-electron chi connectivity index (χ2n) is 4.24. The highest BCUT2D eigenvalue weighted by Crippen LogP contribution is 2.25. The Morgan fingerprint density at radius 2 is 1.63 bits per heavy atom. The number of phenols is 2. The molecule has 4 heteroatoms. The van der Waals surface area contributed by atoms with E-state index in [1.807, 2.05) is 6.07 Å². The molecule has 3 aromatic rings. The van der Waals surface area contributed by atoms with Crippen LogP contribution in [0, 0.1) is 0 Å². The number of hydrogen-bond donors (Lipinski definition) is 3. The smallest absolute Gasteiger partial charge is 0.137 e. The second-order valence-corrected chi connectivity index (χ2v) is 4.24. The Kier molecular flexibility index (Phi) is 2.68. The Balaban J connectivity index is 1.97. The molecule has 0 radical (unpaired) electrons. The van der Waals surface area contributed by atoms with Crippen LogP contribution in [-0.4, -0.2) is 20.2 Å². The largest absolute Gasteiger partial charge is 0.508 e. The van der Waals surface area contributed by atoms with Crippen LogP contribution in [0.1, 0.15) is 0 Å². The number of phenolic OH excluding ortho intramolecular Hbond substituents is 2. The van der Waals surface area contributed by atoms with Crippen LogP contribution in [-0.2, 0) is 0 Å². The van der Waals surface area contributed by atoms with Crippen LogP contribution in [0.5, 0.6) is 11.5 Å². The van der Waals surface area contributed by atoms with Crippen LogP contribution < -0.4 is 0 Å². The standard InChI is InChI=1S/C15H12N2O2/c18-12-6-4-10(5-7-12)15-16-9-14(17-15)11-2-1-3-13(19)8-11/h1-9,18-19H,(H,16,17). The molecule has 0 spiro atoms. The van der Waals surface area contributed by atoms with Gasteiger partial charge >= 0.3 is 0 Å². The number of H-pyrrole nitrogens is 1. The van der Waals surface area contributed by atoms with Crippen molar-refractivity contribution < 1.29 is 10.2 Å². The number of aromatic amines is 1. The molecule has 3 N–H and O–H groups in total. The first-order valence-electron chi connectivity index (χ1n) is 5.86. The van der Waals surface area contributed by atoms with Crippen LogP contribution in [0.15, 0.2) is 54.7 Å². The van der Waals surface area contributed by atoms with Crippen molar-refractivity contribution in [1.82, 2.24) is 9.97 Å². The molecule has 1 heterocycles. The van der Waals surface area contributed by atoms with Crippen molar-refractivity contribution >= 4 is 0 Å². The molecule has 0 saturated carbocycles. The number of imidazole rings is 1. The number of nitrogens with zero attached hydrogens (tertiary/aromatic N) is 1. The molecule has 0 fully saturated rings. The second kappa shape index (κ2) is 4.49. The van der Waals surface area contributed by atoms with Crippen molar-refractivity contribution in [2.24, 2.45) is 0 Å². The zero-order chi connectivity index (χ0) is 13.2. The number of rotatable bonds is 2. The summed E-state index contributed by atoms with van der Waals surface area (Å²) in [5.74, 6) is 1.17. The van der Waals surface area contributed by atoms with Gasteiger partial charge in [-0.2, -0.15) is 0 Å². The Morgan fingerprint density at radius 3 is 2.37 bits per heavy atom. The first-order chi connectivity index (χ1) is 9.22. The summed E-state index contributed by atoms with van der Waals surface area (Å²) >= 11 is 0. The van der Waals surface area contributed by atoms with Gasteiger partial charge in [-0.3, -0.25) is 0 Å². The maximum absolute atomic E-state index is 9.47. The van der Waals surface area contributed by atoms with Crippen LogP contribution >= 0.6 is 0 Å². The summed E-state index contributed by atoms with van der Waals surface area (Å²) in [6, 6.07) is 13.8. The predicted molar refractivity (Wildman–Crippen MR) is 72.8 cm³/mol. The Labute approximate surface area is 110 Å². The Hall–Kier alpha value is -2.75. The molecular formula is C15H12N2O2. The summed E-state index contributed by atoms with van der Waals surface area (Å²) in [6.07, 6.45) is 1.72. The number of aromatic hydroxyl groups is 2. The molecule has 0 aliphatic carbocycles. The van der Waals surface area contributed by atoms with Crippen molar-refractivity contribution in [2.45, 2.75) is 0 Å². The molecule has 94 valence electrons. The molecule has 0 unspecified atom stereocenters. The van der Waals surface area contributed by atoms with E-state index in [1.165, 1.54) is 0 Å². The lowest BCUT2D eigenvalue weighted by atomic mass is 10.1. The van der Waals surface area contributed by atoms with Gasteiger partial charge in [-0.15, -0.1) is 0 Å². The van der Waals surface area contributed by atoms with E-state index in [2.05, 4.69) is 9.97 Å². The third-order valence-electron chi connectivity index (χ3n) is 2.87. The van der Waals surface area contributed by atoms with Crippen molar-refractivity contribution in [3.05, 3.63) is 54.7 Å². The molecule has 0 atom stereocenters. The van der Waals surface area contributed by atoms with Crippen LogP contribution in [0.25, 0.3) is 22.6 Å². The van der Waals surface area contributed by atoms with Gasteiger partial charge < -0.3 is 15.2 Å². The predicted octanol–water partition coefficient (Wildman–Crippen LogP) is 3.15. The minimum absolute atomic E-state index is 0.221. The van der Waals surface area contributed by atoms with E-state index >= 15 is 0 Å². The zero-order valence-corrected chi connectivity index (χ0v) is 10.0. The first kappa shape index (κ1) is 11.3. The van der Waals surface area contributed by atoms with Crippen LogP contribution in [0.4, 0.5) is 0 Å². The summed E-state index contributed by atoms with van der Waals surface area (Å²) in [5, 5.41) is 18.7. The number of nitrogens with one attached hydrogen (secondary N) is 1. The summed E-state index contributed by atoms with van der Waals surface area (Å²) in [7, 11) is 0. The van der Waals surface area contributed by atoms with Crippen molar-refractivity contribution in [3.8, 4) is 34.1 Å². The highest BCUT2D eigenvalue weighted by Gasteiger charge is 2.05. The highest BCUT2D eigenvalue weighted by atomic mass is 16.3. The van der Waals surface area contributed by atoms with E-state index in [0.717, 1.165) is 22.6 Å². The monoisotopic (exact) mass is 252 g/mol. The van der Waals surface area contributed by atoms with Gasteiger partial charge in [-0.25, -0.2) is 4.98 Å². The van der Waals surface area contributed by atoms with E-state index in [4.69, 9.17) is 0 Å². The number of benzene rings is 2. The quantitative estimate of drug-likeness (QED) is 0.656. The molecule has 0 aliphatic rings. The zero-order valence-electron chi connectivity index (χ0n) is 10.0. The van der Waals surface area contributed by atoms with Gasteiger partial charge in [-0.1, -0.05) is 12.1 Å². The van der Waals surface area contributed by atoms with Gasteiger partial charge in [0.25, 0.3) is 0 Å². The topological polar surface area (TPSA) is 69.1 Å². The van der Waals surface area contributed by atoms with Crippen LogP contribution in [0.3, 0.4) is 0 Å². The van der Waals surface area contributed by atoms with E-state index < -0.39 is 0 Å². The lowest BCUT2D eigenvalue weighted by Crippen LogP contribution is -1.80. The van der Waals surface area contributed by atoms with Crippen LogP contribution in [0.2, 0.25) is 0 Å². The van der Waals surface area contributed by atoms with Gasteiger partial charge in [0, 0.05) is 11.1 Å². The molecule has 0 aliphatic heterocycles. The van der Waals surface area contributed by atoms with Gasteiger partial charge in [0.2, 0.25) is 0 Å². The van der Waals surface area contributed by atoms with Crippen molar-refractivity contribution in [1.29, 1.82) is 0 Å². The third-order valence-corrected chi connectivity index (χ3v) is 2.87. The fourth-order valence-electron chi connectivity index (χ4n) is 1.91. The van der Waals surface area contributed by atoms with Crippen molar-refractivity contribution in [3.63, 3.8) is 0 Å². The van der Waals surface area contributed by atoms with Gasteiger partial charge in [0.05, 0.1) is 11.9 Å². The maximum atomic E-state index is 9.47. The maximum Gasteiger partial charge on any atom is 0.137 e. The minimum atomic E-state index is 0.221. The SMILES string of the molecule is Oc1ccc(-c2ncc(-c3cccc(O)c3)[nH]2)cc1. The first-order valence-corrected chi connectivity index (χ1v) is 5.86. The van der Waals surface area contributed by atoms with Gasteiger partial charge in [0.1, 0.15) is 17.3 Å². The normalized spacial score (nSPS) is 10.5. The Bertz CT molecular complexity index is 702. The summed E-state index contributed by atoms with van der Waals surface area (Å²) in [4.78, 5) is 7.49. The molecule has 4 nitrogen and oxygen atoms in total. The lowest BCUT2D eigenvalue weighted by Gasteiger charge is -1.99. The Morgan fingerprint density at radius 1 is 0.842 bits per heavy atom. The summed E-state index contributed by atoms with van der Waals surface area (Å²) < 4.78 is 0. The fraction of sp³-hybridized carbons (Fsp3) is 0.